The molecule has 0 unspecified atom stereocenters. The molecule has 1 aromatic rings. The molecule has 0 N–H and O–H groups in total. The van der Waals surface area contributed by atoms with Crippen LogP contribution in [0.1, 0.15) is 15.9 Å². The number of carbonyl (C=O) groups excluding carboxylic acids is 3. The highest BCUT2D eigenvalue weighted by atomic mass is 16.5. The fourth-order valence-corrected chi connectivity index (χ4v) is 3.15. The normalized spacial score (nSPS) is 14.9. The highest BCUT2D eigenvalue weighted by Crippen LogP contribution is 2.47. The average Bonchev–Trinajstić information content (AvgIpc) is 2.97. The van der Waals surface area contributed by atoms with Crippen molar-refractivity contribution in [3.05, 3.63) is 52.9 Å². The van der Waals surface area contributed by atoms with Gasteiger partial charge in [-0.3, -0.25) is 0 Å². The van der Waals surface area contributed by atoms with Crippen LogP contribution in [0.25, 0.3) is 0 Å². The zero-order valence-corrected chi connectivity index (χ0v) is 16.3. The zero-order chi connectivity index (χ0) is 21.1. The molecule has 0 radical (unpaired) electrons. The van der Waals surface area contributed by atoms with Crippen LogP contribution in [0.2, 0.25) is 0 Å². The van der Waals surface area contributed by atoms with Gasteiger partial charge in [0.25, 0.3) is 0 Å². The van der Waals surface area contributed by atoms with E-state index >= 15 is 0 Å². The molecule has 0 aliphatic carbocycles. The quantitative estimate of drug-likeness (QED) is 0.540. The second kappa shape index (κ2) is 8.09. The molecule has 0 bridgehead atoms. The Balaban J connectivity index is 2.39. The molecule has 2 aliphatic heterocycles. The molecule has 9 nitrogen and oxygen atoms in total. The molecule has 0 amide bonds. The predicted octanol–water partition coefficient (Wildman–Crippen LogP) is 1.86. The van der Waals surface area contributed by atoms with Crippen molar-refractivity contribution < 1.29 is 38.1 Å². The van der Waals surface area contributed by atoms with Gasteiger partial charge in [0.15, 0.2) is 11.5 Å². The Kier molecular flexibility index (Phi) is 5.58. The monoisotopic (exact) mass is 401 g/mol. The number of rotatable bonds is 5. The van der Waals surface area contributed by atoms with Crippen molar-refractivity contribution in [1.29, 1.82) is 0 Å². The molecule has 2 aliphatic rings. The van der Waals surface area contributed by atoms with Crippen molar-refractivity contribution in [1.82, 2.24) is 0 Å². The molecule has 0 fully saturated rings. The van der Waals surface area contributed by atoms with Crippen LogP contribution in [0.3, 0.4) is 0 Å². The van der Waals surface area contributed by atoms with Crippen LogP contribution in [0, 0.1) is 0 Å². The highest BCUT2D eigenvalue weighted by molar-refractivity contribution is 6.09. The van der Waals surface area contributed by atoms with E-state index in [1.165, 1.54) is 45.6 Å². The molecule has 0 saturated heterocycles. The summed E-state index contributed by atoms with van der Waals surface area (Å²) in [6.07, 6.45) is 6.06. The minimum atomic E-state index is -0.813. The maximum Gasteiger partial charge on any atom is 0.355 e. The van der Waals surface area contributed by atoms with Crippen molar-refractivity contribution >= 4 is 23.6 Å². The van der Waals surface area contributed by atoms with E-state index in [1.807, 2.05) is 0 Å². The maximum absolute atomic E-state index is 12.7. The van der Waals surface area contributed by atoms with Gasteiger partial charge >= 0.3 is 17.9 Å². The number of carbonyl (C=O) groups is 3. The van der Waals surface area contributed by atoms with Gasteiger partial charge in [0.1, 0.15) is 18.0 Å². The Morgan fingerprint density at radius 1 is 1.03 bits per heavy atom. The van der Waals surface area contributed by atoms with E-state index in [9.17, 15) is 14.4 Å². The first-order valence-electron chi connectivity index (χ1n) is 8.48. The Hall–Kier alpha value is -3.75. The van der Waals surface area contributed by atoms with Gasteiger partial charge in [0.05, 0.1) is 39.6 Å². The van der Waals surface area contributed by atoms with Gasteiger partial charge < -0.3 is 28.6 Å². The summed E-state index contributed by atoms with van der Waals surface area (Å²) in [5.41, 5.74) is 0.718. The number of ether oxygens (including phenoxy) is 5. The van der Waals surface area contributed by atoms with Gasteiger partial charge in [-0.25, -0.2) is 14.4 Å². The van der Waals surface area contributed by atoms with E-state index in [4.69, 9.17) is 23.7 Å². The minimum absolute atomic E-state index is 0.0401. The van der Waals surface area contributed by atoms with Crippen LogP contribution < -0.4 is 14.4 Å². The SMILES string of the molecule is COC(=O)C1=C(C(=O)OC)N(c2c(OC)c(OC)cc3c2C(=O)OC3)C=CC=C1. The van der Waals surface area contributed by atoms with Gasteiger partial charge in [-0.2, -0.15) is 0 Å². The molecule has 9 heteroatoms. The van der Waals surface area contributed by atoms with Crippen molar-refractivity contribution in [3.8, 4) is 11.5 Å². The third-order valence-electron chi connectivity index (χ3n) is 4.42. The molecular formula is C20H19NO8. The third kappa shape index (κ3) is 3.31. The molecule has 0 aromatic heterocycles. The largest absolute Gasteiger partial charge is 0.493 e. The minimum Gasteiger partial charge on any atom is -0.493 e. The number of benzene rings is 1. The molecule has 152 valence electrons. The Labute approximate surface area is 166 Å². The Bertz CT molecular complexity index is 973. The van der Waals surface area contributed by atoms with Crippen LogP contribution in [0.5, 0.6) is 11.5 Å². The first-order valence-corrected chi connectivity index (χ1v) is 8.48. The Morgan fingerprint density at radius 3 is 2.38 bits per heavy atom. The predicted molar refractivity (Wildman–Crippen MR) is 100 cm³/mol. The fourth-order valence-electron chi connectivity index (χ4n) is 3.15. The van der Waals surface area contributed by atoms with E-state index in [0.717, 1.165) is 0 Å². The lowest BCUT2D eigenvalue weighted by Gasteiger charge is -2.27. The number of hydrogen-bond acceptors (Lipinski definition) is 9. The first kappa shape index (κ1) is 20.0. The summed E-state index contributed by atoms with van der Waals surface area (Å²) in [5, 5.41) is 0. The lowest BCUT2D eigenvalue weighted by atomic mass is 10.0. The summed E-state index contributed by atoms with van der Waals surface area (Å²) in [6.45, 7) is 0.0401. The molecule has 29 heavy (non-hydrogen) atoms. The van der Waals surface area contributed by atoms with Gasteiger partial charge in [-0.05, 0) is 18.2 Å². The van der Waals surface area contributed by atoms with Crippen molar-refractivity contribution in [3.63, 3.8) is 0 Å². The maximum atomic E-state index is 12.7. The van der Waals surface area contributed by atoms with Crippen molar-refractivity contribution in [2.45, 2.75) is 6.61 Å². The number of methoxy groups -OCH3 is 4. The topological polar surface area (TPSA) is 101 Å². The molecule has 2 heterocycles. The lowest BCUT2D eigenvalue weighted by Crippen LogP contribution is -2.28. The number of esters is 3. The molecular weight excluding hydrogens is 382 g/mol. The number of anilines is 1. The number of allylic oxidation sites excluding steroid dienone is 2. The molecule has 3 rings (SSSR count). The summed E-state index contributed by atoms with van der Waals surface area (Å²) >= 11 is 0. The fraction of sp³-hybridized carbons (Fsp3) is 0.250. The van der Waals surface area contributed by atoms with Crippen molar-refractivity contribution in [2.24, 2.45) is 0 Å². The number of hydrogen-bond donors (Lipinski definition) is 0. The lowest BCUT2D eigenvalue weighted by molar-refractivity contribution is -0.139. The summed E-state index contributed by atoms with van der Waals surface area (Å²) in [4.78, 5) is 38.9. The Morgan fingerprint density at radius 2 is 1.76 bits per heavy atom. The second-order valence-corrected chi connectivity index (χ2v) is 5.89. The average molecular weight is 401 g/mol. The molecule has 0 saturated carbocycles. The van der Waals surface area contributed by atoms with Gasteiger partial charge in [0.2, 0.25) is 0 Å². The van der Waals surface area contributed by atoms with E-state index in [1.54, 1.807) is 18.2 Å². The van der Waals surface area contributed by atoms with E-state index in [-0.39, 0.29) is 34.9 Å². The number of nitrogens with zero attached hydrogens (tertiary/aromatic N) is 1. The summed E-state index contributed by atoms with van der Waals surface area (Å²) in [7, 11) is 5.23. The van der Waals surface area contributed by atoms with E-state index in [2.05, 4.69) is 0 Å². The third-order valence-corrected chi connectivity index (χ3v) is 4.42. The molecule has 1 aromatic carbocycles. The van der Waals surface area contributed by atoms with Crippen LogP contribution in [0.4, 0.5) is 5.69 Å². The van der Waals surface area contributed by atoms with E-state index < -0.39 is 17.9 Å². The van der Waals surface area contributed by atoms with Crippen LogP contribution in [0.15, 0.2) is 41.8 Å². The number of fused-ring (bicyclic) bond motifs is 1. The zero-order valence-electron chi connectivity index (χ0n) is 16.3. The summed E-state index contributed by atoms with van der Waals surface area (Å²) in [5.74, 6) is -1.65. The van der Waals surface area contributed by atoms with E-state index in [0.29, 0.717) is 11.3 Å². The first-order chi connectivity index (χ1) is 14.0. The number of cyclic esters (lactones) is 1. The smallest absolute Gasteiger partial charge is 0.355 e. The van der Waals surface area contributed by atoms with Crippen LogP contribution in [-0.2, 0) is 30.4 Å². The van der Waals surface area contributed by atoms with Crippen LogP contribution >= 0.6 is 0 Å². The summed E-state index contributed by atoms with van der Waals surface area (Å²) < 4.78 is 25.8. The molecule has 0 spiro atoms. The summed E-state index contributed by atoms with van der Waals surface area (Å²) in [6, 6.07) is 1.63. The standard InChI is InChI=1S/C20H19NO8/c1-25-13-9-11-10-29-19(23)14(11)16(17(13)26-2)21-8-6-5-7-12(18(22)27-3)15(21)20(24)28-4/h5-9H,10H2,1-4H3. The van der Waals surface area contributed by atoms with Crippen molar-refractivity contribution in [2.75, 3.05) is 33.3 Å². The second-order valence-electron chi connectivity index (χ2n) is 5.89. The molecule has 0 atom stereocenters. The van der Waals surface area contributed by atoms with Gasteiger partial charge in [0, 0.05) is 11.8 Å². The highest BCUT2D eigenvalue weighted by Gasteiger charge is 2.37. The van der Waals surface area contributed by atoms with Crippen LogP contribution in [-0.4, -0.2) is 46.3 Å². The van der Waals surface area contributed by atoms with Gasteiger partial charge in [-0.1, -0.05) is 6.08 Å². The van der Waals surface area contributed by atoms with Gasteiger partial charge in [-0.15, -0.1) is 0 Å².